The van der Waals surface area contributed by atoms with Crippen molar-refractivity contribution in [2.45, 2.75) is 71.1 Å². The Morgan fingerprint density at radius 2 is 2.00 bits per heavy atom. The molecular formula is C24H30N6O5. The van der Waals surface area contributed by atoms with E-state index in [-0.39, 0.29) is 30.9 Å². The molecule has 0 saturated heterocycles. The third kappa shape index (κ3) is 4.72. The fraction of sp³-hybridized carbons (Fsp3) is 0.542. The zero-order valence-corrected chi connectivity index (χ0v) is 20.0. The van der Waals surface area contributed by atoms with Crippen LogP contribution in [0.15, 0.2) is 23.0 Å². The molecule has 186 valence electrons. The molecule has 3 aromatic rings. The molecule has 0 radical (unpaired) electrons. The predicted octanol–water partition coefficient (Wildman–Crippen LogP) is 2.70. The summed E-state index contributed by atoms with van der Waals surface area (Å²) in [4.78, 5) is 30.6. The molecule has 0 bridgehead atoms. The van der Waals surface area contributed by atoms with E-state index in [4.69, 9.17) is 14.2 Å². The number of H-pyrrole nitrogens is 1. The number of carbonyl (C=O) groups excluding carboxylic acids is 1. The summed E-state index contributed by atoms with van der Waals surface area (Å²) in [7, 11) is 0. The molecule has 11 nitrogen and oxygen atoms in total. The average molecular weight is 483 g/mol. The van der Waals surface area contributed by atoms with Crippen molar-refractivity contribution >= 4 is 16.9 Å². The number of benzene rings is 1. The monoisotopic (exact) mass is 482 g/mol. The minimum absolute atomic E-state index is 0.0467. The Morgan fingerprint density at radius 3 is 2.74 bits per heavy atom. The van der Waals surface area contributed by atoms with Gasteiger partial charge in [-0.15, -0.1) is 5.10 Å². The standard InChI is InChI=1S/C24H30N6O5/c1-3-19(23-26-27-28-30(23)13-22(31)33-4-2)29(17-7-5-6-8-17)12-16-9-15-10-20-21(35-14-34-20)11-18(15)25-24(16)32/h9-11,17,19H,3-8,12-14H2,1-2H3,(H,25,32)/t19-/m1/s1. The number of ether oxygens (including phenoxy) is 3. The molecule has 1 N–H and O–H groups in total. The van der Waals surface area contributed by atoms with Gasteiger partial charge in [-0.05, 0) is 48.7 Å². The van der Waals surface area contributed by atoms with Crippen LogP contribution in [0.5, 0.6) is 11.5 Å². The van der Waals surface area contributed by atoms with Crippen LogP contribution >= 0.6 is 0 Å². The van der Waals surface area contributed by atoms with Gasteiger partial charge < -0.3 is 19.2 Å². The molecule has 5 rings (SSSR count). The second kappa shape index (κ2) is 10.0. The van der Waals surface area contributed by atoms with Crippen molar-refractivity contribution in [2.24, 2.45) is 0 Å². The van der Waals surface area contributed by atoms with Gasteiger partial charge in [0.2, 0.25) is 6.79 Å². The maximum absolute atomic E-state index is 13.1. The van der Waals surface area contributed by atoms with Crippen molar-refractivity contribution in [1.82, 2.24) is 30.1 Å². The molecule has 0 spiro atoms. The molecule has 1 atom stereocenters. The fourth-order valence-electron chi connectivity index (χ4n) is 5.14. The summed E-state index contributed by atoms with van der Waals surface area (Å²) < 4.78 is 17.6. The molecule has 2 aromatic heterocycles. The molecule has 0 amide bonds. The van der Waals surface area contributed by atoms with E-state index >= 15 is 0 Å². The topological polar surface area (TPSA) is 124 Å². The Morgan fingerprint density at radius 1 is 1.23 bits per heavy atom. The number of hydrogen-bond acceptors (Lipinski definition) is 9. The number of fused-ring (bicyclic) bond motifs is 2. The van der Waals surface area contributed by atoms with Crippen LogP contribution in [0.3, 0.4) is 0 Å². The van der Waals surface area contributed by atoms with E-state index in [1.807, 2.05) is 12.1 Å². The minimum atomic E-state index is -0.381. The van der Waals surface area contributed by atoms with Crippen molar-refractivity contribution in [3.63, 3.8) is 0 Å². The molecule has 1 fully saturated rings. The number of nitrogens with one attached hydrogen (secondary N) is 1. The van der Waals surface area contributed by atoms with Gasteiger partial charge in [0.15, 0.2) is 17.3 Å². The average Bonchev–Trinajstić information content (AvgIpc) is 3.60. The molecule has 1 saturated carbocycles. The first-order valence-corrected chi connectivity index (χ1v) is 12.2. The van der Waals surface area contributed by atoms with Crippen LogP contribution in [0.1, 0.15) is 63.4 Å². The number of aromatic nitrogens is 5. The van der Waals surface area contributed by atoms with Crippen LogP contribution in [0.2, 0.25) is 0 Å². The number of hydrogen-bond donors (Lipinski definition) is 1. The van der Waals surface area contributed by atoms with Gasteiger partial charge in [0, 0.05) is 29.6 Å². The summed E-state index contributed by atoms with van der Waals surface area (Å²) in [6.45, 7) is 4.71. The molecule has 2 aliphatic rings. The highest BCUT2D eigenvalue weighted by Crippen LogP contribution is 2.36. The zero-order chi connectivity index (χ0) is 24.4. The summed E-state index contributed by atoms with van der Waals surface area (Å²) in [5, 5.41) is 13.1. The van der Waals surface area contributed by atoms with E-state index in [0.29, 0.717) is 47.6 Å². The van der Waals surface area contributed by atoms with Crippen LogP contribution in [0.25, 0.3) is 10.9 Å². The van der Waals surface area contributed by atoms with Gasteiger partial charge >= 0.3 is 5.97 Å². The van der Waals surface area contributed by atoms with E-state index in [2.05, 4.69) is 32.3 Å². The number of carbonyl (C=O) groups is 1. The number of aromatic amines is 1. The zero-order valence-electron chi connectivity index (χ0n) is 20.0. The Hall–Kier alpha value is -3.47. The van der Waals surface area contributed by atoms with Crippen molar-refractivity contribution in [3.05, 3.63) is 39.9 Å². The third-order valence-electron chi connectivity index (χ3n) is 6.79. The second-order valence-corrected chi connectivity index (χ2v) is 8.95. The smallest absolute Gasteiger partial charge is 0.327 e. The van der Waals surface area contributed by atoms with Crippen LogP contribution in [0.4, 0.5) is 0 Å². The van der Waals surface area contributed by atoms with Gasteiger partial charge in [-0.2, -0.15) is 0 Å². The van der Waals surface area contributed by atoms with Gasteiger partial charge in [-0.3, -0.25) is 14.5 Å². The van der Waals surface area contributed by atoms with Crippen molar-refractivity contribution in [3.8, 4) is 11.5 Å². The largest absolute Gasteiger partial charge is 0.465 e. The van der Waals surface area contributed by atoms with E-state index in [1.165, 1.54) is 4.68 Å². The van der Waals surface area contributed by atoms with Crippen LogP contribution < -0.4 is 15.0 Å². The van der Waals surface area contributed by atoms with Gasteiger partial charge in [0.05, 0.1) is 18.2 Å². The third-order valence-corrected chi connectivity index (χ3v) is 6.79. The highest BCUT2D eigenvalue weighted by molar-refractivity contribution is 5.83. The summed E-state index contributed by atoms with van der Waals surface area (Å²) in [6.07, 6.45) is 5.09. The number of pyridine rings is 1. The Bertz CT molecular complexity index is 1270. The second-order valence-electron chi connectivity index (χ2n) is 8.95. The van der Waals surface area contributed by atoms with Crippen molar-refractivity contribution in [1.29, 1.82) is 0 Å². The van der Waals surface area contributed by atoms with Crippen LogP contribution in [-0.2, 0) is 22.6 Å². The van der Waals surface area contributed by atoms with Gasteiger partial charge in [0.1, 0.15) is 6.54 Å². The van der Waals surface area contributed by atoms with Gasteiger partial charge in [0.25, 0.3) is 5.56 Å². The minimum Gasteiger partial charge on any atom is -0.465 e. The normalized spacial score (nSPS) is 16.3. The number of esters is 1. The maximum atomic E-state index is 13.1. The lowest BCUT2D eigenvalue weighted by Gasteiger charge is -2.35. The van der Waals surface area contributed by atoms with E-state index in [1.54, 1.807) is 13.0 Å². The van der Waals surface area contributed by atoms with E-state index in [9.17, 15) is 9.59 Å². The summed E-state index contributed by atoms with van der Waals surface area (Å²) >= 11 is 0. The molecular weight excluding hydrogens is 452 g/mol. The molecule has 1 aliphatic carbocycles. The quantitative estimate of drug-likeness (QED) is 0.458. The SMILES string of the molecule is CCOC(=O)Cn1nnnc1[C@@H](CC)N(Cc1cc2cc3c(cc2[nH]c1=O)OCO3)C1CCCC1. The number of nitrogens with zero attached hydrogens (tertiary/aromatic N) is 5. The highest BCUT2D eigenvalue weighted by atomic mass is 16.7. The Labute approximate surface area is 202 Å². The lowest BCUT2D eigenvalue weighted by atomic mass is 10.0. The highest BCUT2D eigenvalue weighted by Gasteiger charge is 2.33. The van der Waals surface area contributed by atoms with E-state index in [0.717, 1.165) is 37.5 Å². The van der Waals surface area contributed by atoms with Gasteiger partial charge in [-0.1, -0.05) is 19.8 Å². The summed E-state index contributed by atoms with van der Waals surface area (Å²) in [5.74, 6) is 1.53. The summed E-state index contributed by atoms with van der Waals surface area (Å²) in [6, 6.07) is 5.75. The van der Waals surface area contributed by atoms with Gasteiger partial charge in [-0.25, -0.2) is 4.68 Å². The Kier molecular flexibility index (Phi) is 6.67. The lowest BCUT2D eigenvalue weighted by molar-refractivity contribution is -0.144. The van der Waals surface area contributed by atoms with Crippen molar-refractivity contribution in [2.75, 3.05) is 13.4 Å². The maximum Gasteiger partial charge on any atom is 0.327 e. The van der Waals surface area contributed by atoms with Crippen LogP contribution in [0, 0.1) is 0 Å². The molecule has 11 heteroatoms. The molecule has 0 unspecified atom stereocenters. The summed E-state index contributed by atoms with van der Waals surface area (Å²) in [5.41, 5.74) is 1.23. The Balaban J connectivity index is 1.48. The first-order chi connectivity index (χ1) is 17.1. The molecule has 35 heavy (non-hydrogen) atoms. The predicted molar refractivity (Wildman–Crippen MR) is 126 cm³/mol. The first kappa shape index (κ1) is 23.3. The van der Waals surface area contributed by atoms with Crippen LogP contribution in [-0.4, -0.2) is 55.5 Å². The molecule has 1 aromatic carbocycles. The molecule has 3 heterocycles. The fourth-order valence-corrected chi connectivity index (χ4v) is 5.14. The molecule has 1 aliphatic heterocycles. The van der Waals surface area contributed by atoms with E-state index < -0.39 is 0 Å². The first-order valence-electron chi connectivity index (χ1n) is 12.2. The number of rotatable bonds is 9. The lowest BCUT2D eigenvalue weighted by Crippen LogP contribution is -2.39. The number of tetrazole rings is 1. The van der Waals surface area contributed by atoms with Crippen molar-refractivity contribution < 1.29 is 19.0 Å².